The minimum atomic E-state index is 1.04. The van der Waals surface area contributed by atoms with Crippen LogP contribution >= 0.6 is 39.2 Å². The van der Waals surface area contributed by atoms with Crippen molar-refractivity contribution in [2.24, 2.45) is 0 Å². The Kier molecular flexibility index (Phi) is 4.08. The van der Waals surface area contributed by atoms with Gasteiger partial charge in [0.25, 0.3) is 0 Å². The summed E-state index contributed by atoms with van der Waals surface area (Å²) in [4.78, 5) is 3.09. The van der Waals surface area contributed by atoms with E-state index in [1.165, 1.54) is 4.21 Å². The summed E-state index contributed by atoms with van der Waals surface area (Å²) in [6.07, 6.45) is 0. The molecule has 78 valence electrons. The fraction of sp³-hybridized carbons (Fsp3) is 0. The minimum absolute atomic E-state index is 1.04. The first-order valence-corrected chi connectivity index (χ1v) is 6.80. The molecule has 2 nitrogen and oxygen atoms in total. The van der Waals surface area contributed by atoms with E-state index in [1.54, 1.807) is 23.3 Å². The van der Waals surface area contributed by atoms with E-state index in [1.807, 2.05) is 30.3 Å². The largest absolute Gasteiger partial charge is 0.312 e. The van der Waals surface area contributed by atoms with Crippen molar-refractivity contribution in [1.29, 1.82) is 0 Å². The molecular formula is C10H9BrN2S2. The maximum absolute atomic E-state index is 3.39. The van der Waals surface area contributed by atoms with Crippen LogP contribution in [0.2, 0.25) is 0 Å². The van der Waals surface area contributed by atoms with Crippen LogP contribution in [0.3, 0.4) is 0 Å². The zero-order valence-electron chi connectivity index (χ0n) is 7.74. The van der Waals surface area contributed by atoms with E-state index in [-0.39, 0.29) is 0 Å². The van der Waals surface area contributed by atoms with E-state index >= 15 is 0 Å². The molecule has 1 aromatic carbocycles. The SMILES string of the molecule is Brc1ccc(NNSc2cccs2)cc1. The molecule has 0 aliphatic heterocycles. The van der Waals surface area contributed by atoms with Crippen LogP contribution in [0.25, 0.3) is 0 Å². The van der Waals surface area contributed by atoms with Crippen LogP contribution in [-0.2, 0) is 0 Å². The standard InChI is InChI=1S/C10H9BrN2S2/c11-8-3-5-9(6-4-8)12-13-15-10-2-1-7-14-10/h1-7,12-13H. The van der Waals surface area contributed by atoms with Crippen molar-refractivity contribution >= 4 is 44.9 Å². The Balaban J connectivity index is 1.81. The lowest BCUT2D eigenvalue weighted by Crippen LogP contribution is -2.11. The number of hydrogen-bond acceptors (Lipinski definition) is 4. The Labute approximate surface area is 105 Å². The molecule has 2 rings (SSSR count). The summed E-state index contributed by atoms with van der Waals surface area (Å²) in [6, 6.07) is 12.1. The second-order valence-electron chi connectivity index (χ2n) is 2.77. The molecule has 0 aliphatic carbocycles. The molecule has 15 heavy (non-hydrogen) atoms. The zero-order valence-corrected chi connectivity index (χ0v) is 11.0. The molecule has 1 aromatic heterocycles. The highest BCUT2D eigenvalue weighted by atomic mass is 79.9. The fourth-order valence-electron chi connectivity index (χ4n) is 0.990. The van der Waals surface area contributed by atoms with Gasteiger partial charge in [0.2, 0.25) is 0 Å². The van der Waals surface area contributed by atoms with Crippen molar-refractivity contribution in [3.8, 4) is 0 Å². The van der Waals surface area contributed by atoms with E-state index in [0.29, 0.717) is 0 Å². The van der Waals surface area contributed by atoms with Gasteiger partial charge >= 0.3 is 0 Å². The molecule has 0 radical (unpaired) electrons. The number of hydrazine groups is 1. The van der Waals surface area contributed by atoms with Crippen molar-refractivity contribution in [1.82, 2.24) is 4.83 Å². The Morgan fingerprint density at radius 3 is 2.60 bits per heavy atom. The molecule has 2 N–H and O–H groups in total. The zero-order chi connectivity index (χ0) is 10.5. The number of nitrogens with one attached hydrogen (secondary N) is 2. The highest BCUT2D eigenvalue weighted by Crippen LogP contribution is 2.20. The summed E-state index contributed by atoms with van der Waals surface area (Å²) in [5.41, 5.74) is 4.15. The predicted octanol–water partition coefficient (Wildman–Crippen LogP) is 4.13. The molecule has 0 fully saturated rings. The van der Waals surface area contributed by atoms with Crippen LogP contribution < -0.4 is 10.3 Å². The third-order valence-electron chi connectivity index (χ3n) is 1.69. The van der Waals surface area contributed by atoms with Crippen molar-refractivity contribution in [2.45, 2.75) is 4.21 Å². The minimum Gasteiger partial charge on any atom is -0.312 e. The molecular weight excluding hydrogens is 292 g/mol. The van der Waals surface area contributed by atoms with Gasteiger partial charge in [-0.2, -0.15) is 4.83 Å². The molecule has 0 amide bonds. The summed E-state index contributed by atoms with van der Waals surface area (Å²) in [7, 11) is 0. The molecule has 0 atom stereocenters. The van der Waals surface area contributed by atoms with Gasteiger partial charge in [-0.05, 0) is 47.7 Å². The normalized spacial score (nSPS) is 10.2. The molecule has 0 spiro atoms. The van der Waals surface area contributed by atoms with Crippen LogP contribution in [0, 0.1) is 0 Å². The van der Waals surface area contributed by atoms with Gasteiger partial charge in [0.05, 0.1) is 4.21 Å². The van der Waals surface area contributed by atoms with E-state index in [4.69, 9.17) is 0 Å². The molecule has 0 aliphatic rings. The Morgan fingerprint density at radius 1 is 1.13 bits per heavy atom. The smallest absolute Gasteiger partial charge is 0.0767 e. The van der Waals surface area contributed by atoms with E-state index in [9.17, 15) is 0 Å². The number of thiophene rings is 1. The first kappa shape index (κ1) is 11.0. The first-order chi connectivity index (χ1) is 7.34. The van der Waals surface area contributed by atoms with Crippen LogP contribution in [0.4, 0.5) is 5.69 Å². The van der Waals surface area contributed by atoms with Crippen LogP contribution in [0.15, 0.2) is 50.5 Å². The quantitative estimate of drug-likeness (QED) is 0.656. The van der Waals surface area contributed by atoms with Crippen molar-refractivity contribution < 1.29 is 0 Å². The summed E-state index contributed by atoms with van der Waals surface area (Å²) >= 11 is 6.68. The summed E-state index contributed by atoms with van der Waals surface area (Å²) in [6.45, 7) is 0. The lowest BCUT2D eigenvalue weighted by molar-refractivity contribution is 1.22. The van der Waals surface area contributed by atoms with Gasteiger partial charge in [-0.25, -0.2) is 0 Å². The number of benzene rings is 1. The summed E-state index contributed by atoms with van der Waals surface area (Å²) < 4.78 is 2.32. The molecule has 0 bridgehead atoms. The van der Waals surface area contributed by atoms with Gasteiger partial charge in [0.15, 0.2) is 0 Å². The molecule has 0 unspecified atom stereocenters. The van der Waals surface area contributed by atoms with Crippen LogP contribution in [0.1, 0.15) is 0 Å². The summed E-state index contributed by atoms with van der Waals surface area (Å²) in [5.74, 6) is 0. The van der Waals surface area contributed by atoms with E-state index in [0.717, 1.165) is 10.2 Å². The molecule has 0 saturated heterocycles. The van der Waals surface area contributed by atoms with Gasteiger partial charge in [-0.15, -0.1) is 11.3 Å². The summed E-state index contributed by atoms with van der Waals surface area (Å²) in [5, 5.41) is 2.06. The molecule has 1 heterocycles. The van der Waals surface area contributed by atoms with Crippen molar-refractivity contribution in [2.75, 3.05) is 5.43 Å². The van der Waals surface area contributed by atoms with Crippen LogP contribution in [0.5, 0.6) is 0 Å². The lowest BCUT2D eigenvalue weighted by Gasteiger charge is -2.05. The van der Waals surface area contributed by atoms with E-state index < -0.39 is 0 Å². The number of halogens is 1. The van der Waals surface area contributed by atoms with Gasteiger partial charge in [-0.1, -0.05) is 22.0 Å². The molecule has 2 aromatic rings. The maximum Gasteiger partial charge on any atom is 0.0767 e. The Morgan fingerprint density at radius 2 is 1.93 bits per heavy atom. The van der Waals surface area contributed by atoms with Gasteiger partial charge in [-0.3, -0.25) is 0 Å². The number of hydrogen-bond donors (Lipinski definition) is 2. The van der Waals surface area contributed by atoms with Crippen molar-refractivity contribution in [3.05, 3.63) is 46.3 Å². The third-order valence-corrected chi connectivity index (χ3v) is 3.96. The Hall–Kier alpha value is -0.490. The van der Waals surface area contributed by atoms with Gasteiger partial charge in [0.1, 0.15) is 0 Å². The molecule has 5 heteroatoms. The third kappa shape index (κ3) is 3.53. The lowest BCUT2D eigenvalue weighted by atomic mass is 10.3. The molecule has 0 saturated carbocycles. The van der Waals surface area contributed by atoms with Gasteiger partial charge < -0.3 is 5.43 Å². The second kappa shape index (κ2) is 5.55. The second-order valence-corrected chi connectivity index (χ2v) is 5.74. The van der Waals surface area contributed by atoms with Crippen molar-refractivity contribution in [3.63, 3.8) is 0 Å². The monoisotopic (exact) mass is 300 g/mol. The first-order valence-electron chi connectivity index (χ1n) is 4.31. The van der Waals surface area contributed by atoms with E-state index in [2.05, 4.69) is 37.6 Å². The highest BCUT2D eigenvalue weighted by molar-refractivity contribution is 9.10. The number of anilines is 1. The van der Waals surface area contributed by atoms with Crippen LogP contribution in [-0.4, -0.2) is 0 Å². The highest BCUT2D eigenvalue weighted by Gasteiger charge is 1.94. The average Bonchev–Trinajstić information content (AvgIpc) is 2.74. The predicted molar refractivity (Wildman–Crippen MR) is 71.1 cm³/mol. The maximum atomic E-state index is 3.39. The average molecular weight is 301 g/mol. The fourth-order valence-corrected chi connectivity index (χ4v) is 2.60. The topological polar surface area (TPSA) is 24.1 Å². The number of rotatable bonds is 4. The van der Waals surface area contributed by atoms with Gasteiger partial charge in [0, 0.05) is 10.2 Å². The Bertz CT molecular complexity index is 400.